The fourth-order valence-corrected chi connectivity index (χ4v) is 2.66. The summed E-state index contributed by atoms with van der Waals surface area (Å²) in [6.07, 6.45) is 0. The van der Waals surface area contributed by atoms with Crippen LogP contribution in [0.25, 0.3) is 16.9 Å². The third-order valence-electron chi connectivity index (χ3n) is 3.67. The average Bonchev–Trinajstić information content (AvgIpc) is 2.86. The van der Waals surface area contributed by atoms with Gasteiger partial charge in [-0.2, -0.15) is 5.10 Å². The smallest absolute Gasteiger partial charge is 0.339 e. The van der Waals surface area contributed by atoms with E-state index >= 15 is 0 Å². The molecule has 0 aliphatic carbocycles. The number of hydrogen-bond donors (Lipinski definition) is 1. The van der Waals surface area contributed by atoms with Crippen molar-refractivity contribution in [3.05, 3.63) is 70.4 Å². The number of nitrogens with zero attached hydrogens (tertiary/aromatic N) is 2. The Hall–Kier alpha value is -2.59. The van der Waals surface area contributed by atoms with Gasteiger partial charge >= 0.3 is 5.97 Å². The lowest BCUT2D eigenvalue weighted by molar-refractivity contribution is 0.0697. The number of aromatic nitrogens is 2. The van der Waals surface area contributed by atoms with Crippen LogP contribution >= 0.6 is 11.6 Å². The van der Waals surface area contributed by atoms with E-state index in [1.54, 1.807) is 23.7 Å². The van der Waals surface area contributed by atoms with Gasteiger partial charge in [0.15, 0.2) is 0 Å². The Labute approximate surface area is 139 Å². The molecule has 0 amide bonds. The molecule has 0 aliphatic heterocycles. The Morgan fingerprint density at radius 2 is 1.65 bits per heavy atom. The molecule has 1 N–H and O–H groups in total. The molecule has 23 heavy (non-hydrogen) atoms. The predicted molar refractivity (Wildman–Crippen MR) is 90.4 cm³/mol. The SMILES string of the molecule is Cc1ccc(-c2c(C(=O)O)c(C)nn2-c2ccc(Cl)cc2)cc1. The molecule has 0 bridgehead atoms. The second kappa shape index (κ2) is 5.89. The first-order chi connectivity index (χ1) is 11.0. The summed E-state index contributed by atoms with van der Waals surface area (Å²) in [5.41, 5.74) is 3.94. The third-order valence-corrected chi connectivity index (χ3v) is 3.92. The van der Waals surface area contributed by atoms with E-state index in [-0.39, 0.29) is 5.56 Å². The van der Waals surface area contributed by atoms with Gasteiger partial charge in [-0.15, -0.1) is 0 Å². The zero-order valence-corrected chi connectivity index (χ0v) is 13.5. The number of halogens is 1. The van der Waals surface area contributed by atoms with Gasteiger partial charge in [0.25, 0.3) is 0 Å². The predicted octanol–water partition coefficient (Wildman–Crippen LogP) is 4.51. The maximum absolute atomic E-state index is 11.7. The molecule has 5 heteroatoms. The summed E-state index contributed by atoms with van der Waals surface area (Å²) in [7, 11) is 0. The van der Waals surface area contributed by atoms with Crippen molar-refractivity contribution in [1.29, 1.82) is 0 Å². The number of aromatic carboxylic acids is 1. The number of hydrogen-bond acceptors (Lipinski definition) is 2. The molecular weight excluding hydrogens is 312 g/mol. The van der Waals surface area contributed by atoms with Crippen molar-refractivity contribution in [2.45, 2.75) is 13.8 Å². The molecule has 1 aromatic heterocycles. The maximum Gasteiger partial charge on any atom is 0.339 e. The molecule has 0 unspecified atom stereocenters. The normalized spacial score (nSPS) is 10.7. The average molecular weight is 327 g/mol. The van der Waals surface area contributed by atoms with E-state index in [0.717, 1.165) is 16.8 Å². The van der Waals surface area contributed by atoms with Crippen LogP contribution in [-0.2, 0) is 0 Å². The molecule has 0 aliphatic rings. The molecule has 0 fully saturated rings. The number of aryl methyl sites for hydroxylation is 2. The first-order valence-corrected chi connectivity index (χ1v) is 7.51. The highest BCUT2D eigenvalue weighted by molar-refractivity contribution is 6.30. The van der Waals surface area contributed by atoms with Crippen molar-refractivity contribution in [1.82, 2.24) is 9.78 Å². The van der Waals surface area contributed by atoms with E-state index < -0.39 is 5.97 Å². The summed E-state index contributed by atoms with van der Waals surface area (Å²) >= 11 is 5.94. The molecule has 0 spiro atoms. The van der Waals surface area contributed by atoms with E-state index in [2.05, 4.69) is 5.10 Å². The van der Waals surface area contributed by atoms with Crippen molar-refractivity contribution >= 4 is 17.6 Å². The summed E-state index contributed by atoms with van der Waals surface area (Å²) in [4.78, 5) is 11.7. The Morgan fingerprint density at radius 1 is 1.04 bits per heavy atom. The second-order valence-corrected chi connectivity index (χ2v) is 5.80. The minimum absolute atomic E-state index is 0.212. The number of carboxylic acid groups (broad SMARTS) is 1. The highest BCUT2D eigenvalue weighted by atomic mass is 35.5. The van der Waals surface area contributed by atoms with Crippen molar-refractivity contribution in [3.8, 4) is 16.9 Å². The van der Waals surface area contributed by atoms with E-state index in [1.807, 2.05) is 43.3 Å². The summed E-state index contributed by atoms with van der Waals surface area (Å²) in [6.45, 7) is 3.69. The molecule has 116 valence electrons. The van der Waals surface area contributed by atoms with Gasteiger partial charge in [-0.3, -0.25) is 0 Å². The summed E-state index contributed by atoms with van der Waals surface area (Å²) in [6, 6.07) is 14.9. The Kier molecular flexibility index (Phi) is 3.92. The van der Waals surface area contributed by atoms with Gasteiger partial charge in [0.1, 0.15) is 5.56 Å². The van der Waals surface area contributed by atoms with Gasteiger partial charge in [-0.1, -0.05) is 41.4 Å². The molecular formula is C18H15ClN2O2. The lowest BCUT2D eigenvalue weighted by Crippen LogP contribution is -2.03. The lowest BCUT2D eigenvalue weighted by Gasteiger charge is -2.09. The molecule has 0 atom stereocenters. The quantitative estimate of drug-likeness (QED) is 0.770. The Balaban J connectivity index is 2.28. The van der Waals surface area contributed by atoms with Crippen molar-refractivity contribution in [2.75, 3.05) is 0 Å². The standard InChI is InChI=1S/C18H15ClN2O2/c1-11-3-5-13(6-4-11)17-16(18(22)23)12(2)20-21(17)15-9-7-14(19)8-10-15/h3-10H,1-2H3,(H,22,23). The molecule has 0 saturated carbocycles. The van der Waals surface area contributed by atoms with Gasteiger partial charge in [-0.05, 0) is 38.1 Å². The number of carbonyl (C=O) groups is 1. The van der Waals surface area contributed by atoms with E-state index in [1.165, 1.54) is 0 Å². The first kappa shape index (κ1) is 15.3. The fraction of sp³-hybridized carbons (Fsp3) is 0.111. The van der Waals surface area contributed by atoms with Crippen molar-refractivity contribution in [3.63, 3.8) is 0 Å². The number of carboxylic acids is 1. The van der Waals surface area contributed by atoms with E-state index in [4.69, 9.17) is 11.6 Å². The lowest BCUT2D eigenvalue weighted by atomic mass is 10.0. The van der Waals surface area contributed by atoms with E-state index in [0.29, 0.717) is 16.4 Å². The molecule has 2 aromatic carbocycles. The van der Waals surface area contributed by atoms with Gasteiger partial charge in [0.05, 0.1) is 17.1 Å². The molecule has 3 aromatic rings. The highest BCUT2D eigenvalue weighted by Gasteiger charge is 2.23. The highest BCUT2D eigenvalue weighted by Crippen LogP contribution is 2.29. The van der Waals surface area contributed by atoms with Crippen molar-refractivity contribution in [2.24, 2.45) is 0 Å². The second-order valence-electron chi connectivity index (χ2n) is 5.37. The van der Waals surface area contributed by atoms with Gasteiger partial charge < -0.3 is 5.11 Å². The first-order valence-electron chi connectivity index (χ1n) is 7.13. The van der Waals surface area contributed by atoms with Gasteiger partial charge in [0.2, 0.25) is 0 Å². The zero-order valence-electron chi connectivity index (χ0n) is 12.7. The van der Waals surface area contributed by atoms with Gasteiger partial charge in [0, 0.05) is 10.6 Å². The van der Waals surface area contributed by atoms with Crippen LogP contribution in [-0.4, -0.2) is 20.9 Å². The van der Waals surface area contributed by atoms with Crippen LogP contribution < -0.4 is 0 Å². The van der Waals surface area contributed by atoms with Gasteiger partial charge in [-0.25, -0.2) is 9.48 Å². The zero-order chi connectivity index (χ0) is 16.6. The fourth-order valence-electron chi connectivity index (χ4n) is 2.53. The van der Waals surface area contributed by atoms with Crippen LogP contribution in [0.1, 0.15) is 21.6 Å². The molecule has 0 radical (unpaired) electrons. The molecule has 4 nitrogen and oxygen atoms in total. The third kappa shape index (κ3) is 2.85. The molecule has 3 rings (SSSR count). The van der Waals surface area contributed by atoms with Crippen LogP contribution in [0.5, 0.6) is 0 Å². The molecule has 0 saturated heterocycles. The molecule has 1 heterocycles. The number of benzene rings is 2. The largest absolute Gasteiger partial charge is 0.478 e. The Morgan fingerprint density at radius 3 is 2.22 bits per heavy atom. The Bertz CT molecular complexity index is 865. The van der Waals surface area contributed by atoms with E-state index in [9.17, 15) is 9.90 Å². The number of rotatable bonds is 3. The van der Waals surface area contributed by atoms with Crippen LogP contribution in [0, 0.1) is 13.8 Å². The summed E-state index contributed by atoms with van der Waals surface area (Å²) in [5, 5.41) is 14.6. The van der Waals surface area contributed by atoms with Crippen LogP contribution in [0.3, 0.4) is 0 Å². The summed E-state index contributed by atoms with van der Waals surface area (Å²) < 4.78 is 1.65. The monoisotopic (exact) mass is 326 g/mol. The summed E-state index contributed by atoms with van der Waals surface area (Å²) in [5.74, 6) is -0.988. The van der Waals surface area contributed by atoms with Crippen molar-refractivity contribution < 1.29 is 9.90 Å². The minimum atomic E-state index is -0.988. The van der Waals surface area contributed by atoms with Crippen LogP contribution in [0.15, 0.2) is 48.5 Å². The maximum atomic E-state index is 11.7. The van der Waals surface area contributed by atoms with Crippen LogP contribution in [0.4, 0.5) is 0 Å². The van der Waals surface area contributed by atoms with Crippen LogP contribution in [0.2, 0.25) is 5.02 Å². The minimum Gasteiger partial charge on any atom is -0.478 e. The topological polar surface area (TPSA) is 55.1 Å².